The Hall–Kier alpha value is -0.0800. The lowest BCUT2D eigenvalue weighted by atomic mass is 9.63. The van der Waals surface area contributed by atoms with Gasteiger partial charge in [0.15, 0.2) is 0 Å². The van der Waals surface area contributed by atoms with Gasteiger partial charge in [0.1, 0.15) is 0 Å². The molecule has 2 bridgehead atoms. The quantitative estimate of drug-likeness (QED) is 0.651. The number of hydrogen-bond acceptors (Lipinski definition) is 2. The summed E-state index contributed by atoms with van der Waals surface area (Å²) in [5, 5.41) is 9.68. The Bertz CT molecular complexity index is 152. The van der Waals surface area contributed by atoms with Gasteiger partial charge in [0.2, 0.25) is 0 Å². The average molecular weight is 169 g/mol. The van der Waals surface area contributed by atoms with Gasteiger partial charge in [0.25, 0.3) is 0 Å². The summed E-state index contributed by atoms with van der Waals surface area (Å²) in [5.41, 5.74) is 5.48. The maximum Gasteiger partial charge on any atom is 0.0693 e. The Balaban J connectivity index is 1.99. The summed E-state index contributed by atoms with van der Waals surface area (Å²) in [4.78, 5) is 0. The van der Waals surface area contributed by atoms with E-state index in [1.54, 1.807) is 0 Å². The van der Waals surface area contributed by atoms with Gasteiger partial charge in [-0.05, 0) is 37.0 Å². The summed E-state index contributed by atoms with van der Waals surface area (Å²) in [7, 11) is 0. The van der Waals surface area contributed by atoms with Gasteiger partial charge in [-0.15, -0.1) is 0 Å². The molecule has 0 amide bonds. The van der Waals surface area contributed by atoms with Gasteiger partial charge in [-0.1, -0.05) is 12.8 Å². The monoisotopic (exact) mass is 169 g/mol. The number of fused-ring (bicyclic) bond motifs is 3. The summed E-state index contributed by atoms with van der Waals surface area (Å²) < 4.78 is 0. The van der Waals surface area contributed by atoms with Gasteiger partial charge >= 0.3 is 0 Å². The standard InChI is InChI=1S/C10H19NO/c11-6-10(12)9-5-7-1-3-8(9)4-2-7/h7-10,12H,1-6,11H2. The van der Waals surface area contributed by atoms with Crippen LogP contribution < -0.4 is 5.73 Å². The maximum atomic E-state index is 9.68. The van der Waals surface area contributed by atoms with Crippen molar-refractivity contribution in [3.05, 3.63) is 0 Å². The molecular weight excluding hydrogens is 150 g/mol. The first-order valence-corrected chi connectivity index (χ1v) is 5.19. The summed E-state index contributed by atoms with van der Waals surface area (Å²) in [5.74, 6) is 2.22. The van der Waals surface area contributed by atoms with Crippen LogP contribution in [0.5, 0.6) is 0 Å². The van der Waals surface area contributed by atoms with E-state index in [1.807, 2.05) is 0 Å². The van der Waals surface area contributed by atoms with Crippen molar-refractivity contribution in [1.29, 1.82) is 0 Å². The van der Waals surface area contributed by atoms with Crippen LogP contribution in [-0.4, -0.2) is 17.8 Å². The molecule has 3 rings (SSSR count). The smallest absolute Gasteiger partial charge is 0.0693 e. The Kier molecular flexibility index (Phi) is 2.37. The number of aliphatic hydroxyl groups is 1. The highest BCUT2D eigenvalue weighted by Crippen LogP contribution is 2.45. The molecule has 3 aliphatic rings. The molecule has 0 heterocycles. The minimum atomic E-state index is -0.224. The van der Waals surface area contributed by atoms with Crippen LogP contribution in [0.3, 0.4) is 0 Å². The fourth-order valence-corrected chi connectivity index (χ4v) is 3.08. The van der Waals surface area contributed by atoms with Crippen molar-refractivity contribution in [1.82, 2.24) is 0 Å². The van der Waals surface area contributed by atoms with Crippen LogP contribution in [0.1, 0.15) is 32.1 Å². The SMILES string of the molecule is NCC(O)C1CC2CCC1CC2. The molecule has 0 aliphatic heterocycles. The van der Waals surface area contributed by atoms with Crippen LogP contribution in [0.2, 0.25) is 0 Å². The summed E-state index contributed by atoms with van der Waals surface area (Å²) >= 11 is 0. The molecule has 0 aromatic carbocycles. The summed E-state index contributed by atoms with van der Waals surface area (Å²) in [6, 6.07) is 0. The van der Waals surface area contributed by atoms with Gasteiger partial charge in [0.05, 0.1) is 6.10 Å². The third kappa shape index (κ3) is 1.38. The van der Waals surface area contributed by atoms with Crippen molar-refractivity contribution < 1.29 is 5.11 Å². The van der Waals surface area contributed by atoms with Crippen molar-refractivity contribution in [3.63, 3.8) is 0 Å². The molecule has 12 heavy (non-hydrogen) atoms. The fourth-order valence-electron chi connectivity index (χ4n) is 3.08. The van der Waals surface area contributed by atoms with E-state index < -0.39 is 0 Å². The largest absolute Gasteiger partial charge is 0.392 e. The highest BCUT2D eigenvalue weighted by Gasteiger charge is 2.38. The van der Waals surface area contributed by atoms with Crippen LogP contribution in [0.15, 0.2) is 0 Å². The normalized spacial score (nSPS) is 43.0. The van der Waals surface area contributed by atoms with E-state index in [-0.39, 0.29) is 6.10 Å². The molecule has 3 fully saturated rings. The lowest BCUT2D eigenvalue weighted by Crippen LogP contribution is -2.41. The molecule has 70 valence electrons. The third-order valence-corrected chi connectivity index (χ3v) is 3.84. The van der Waals surface area contributed by atoms with Crippen molar-refractivity contribution in [2.75, 3.05) is 6.54 Å². The first-order valence-electron chi connectivity index (χ1n) is 5.19. The molecule has 2 unspecified atom stereocenters. The van der Waals surface area contributed by atoms with E-state index in [4.69, 9.17) is 5.73 Å². The zero-order valence-corrected chi connectivity index (χ0v) is 7.58. The molecule has 2 nitrogen and oxygen atoms in total. The Labute approximate surface area is 74.1 Å². The van der Waals surface area contributed by atoms with Gasteiger partial charge in [-0.2, -0.15) is 0 Å². The predicted octanol–water partition coefficient (Wildman–Crippen LogP) is 1.13. The summed E-state index contributed by atoms with van der Waals surface area (Å²) in [6.07, 6.45) is 6.50. The second-order valence-electron chi connectivity index (χ2n) is 4.48. The van der Waals surface area contributed by atoms with Gasteiger partial charge in [-0.3, -0.25) is 0 Å². The molecule has 0 spiro atoms. The molecule has 0 saturated heterocycles. The first kappa shape index (κ1) is 8.52. The minimum absolute atomic E-state index is 0.224. The zero-order valence-electron chi connectivity index (χ0n) is 7.58. The van der Waals surface area contributed by atoms with E-state index in [1.165, 1.54) is 32.1 Å². The Morgan fingerprint density at radius 1 is 1.25 bits per heavy atom. The molecule has 3 saturated carbocycles. The highest BCUT2D eigenvalue weighted by molar-refractivity contribution is 4.89. The van der Waals surface area contributed by atoms with Crippen LogP contribution in [0.25, 0.3) is 0 Å². The van der Waals surface area contributed by atoms with E-state index in [0.717, 1.165) is 11.8 Å². The number of aliphatic hydroxyl groups excluding tert-OH is 1. The molecule has 2 heteroatoms. The lowest BCUT2D eigenvalue weighted by Gasteiger charge is -2.44. The molecule has 3 N–H and O–H groups in total. The molecular formula is C10H19NO. The Morgan fingerprint density at radius 3 is 2.33 bits per heavy atom. The minimum Gasteiger partial charge on any atom is -0.392 e. The predicted molar refractivity (Wildman–Crippen MR) is 48.6 cm³/mol. The lowest BCUT2D eigenvalue weighted by molar-refractivity contribution is 0.00126. The van der Waals surface area contributed by atoms with Crippen LogP contribution in [0.4, 0.5) is 0 Å². The second-order valence-corrected chi connectivity index (χ2v) is 4.48. The first-order chi connectivity index (χ1) is 5.81. The molecule has 0 aromatic rings. The van der Waals surface area contributed by atoms with Gasteiger partial charge in [-0.25, -0.2) is 0 Å². The van der Waals surface area contributed by atoms with E-state index in [2.05, 4.69) is 0 Å². The Morgan fingerprint density at radius 2 is 1.92 bits per heavy atom. The second kappa shape index (κ2) is 3.35. The summed E-state index contributed by atoms with van der Waals surface area (Å²) in [6.45, 7) is 0.452. The van der Waals surface area contributed by atoms with E-state index in [9.17, 15) is 5.11 Å². The van der Waals surface area contributed by atoms with Gasteiger partial charge in [0, 0.05) is 6.54 Å². The molecule has 0 aromatic heterocycles. The van der Waals surface area contributed by atoms with Gasteiger partial charge < -0.3 is 10.8 Å². The third-order valence-electron chi connectivity index (χ3n) is 3.84. The van der Waals surface area contributed by atoms with Crippen molar-refractivity contribution in [3.8, 4) is 0 Å². The fraction of sp³-hybridized carbons (Fsp3) is 1.00. The van der Waals surface area contributed by atoms with E-state index >= 15 is 0 Å². The molecule has 0 radical (unpaired) electrons. The van der Waals surface area contributed by atoms with Crippen LogP contribution >= 0.6 is 0 Å². The maximum absolute atomic E-state index is 9.68. The average Bonchev–Trinajstić information content (AvgIpc) is 2.18. The number of hydrogen-bond donors (Lipinski definition) is 2. The van der Waals surface area contributed by atoms with Crippen LogP contribution in [0, 0.1) is 17.8 Å². The van der Waals surface area contributed by atoms with Crippen molar-refractivity contribution >= 4 is 0 Å². The highest BCUT2D eigenvalue weighted by atomic mass is 16.3. The van der Waals surface area contributed by atoms with Crippen LogP contribution in [-0.2, 0) is 0 Å². The van der Waals surface area contributed by atoms with Crippen molar-refractivity contribution in [2.24, 2.45) is 23.5 Å². The zero-order chi connectivity index (χ0) is 8.55. The molecule has 2 atom stereocenters. The van der Waals surface area contributed by atoms with E-state index in [0.29, 0.717) is 12.5 Å². The van der Waals surface area contributed by atoms with Crippen molar-refractivity contribution in [2.45, 2.75) is 38.2 Å². The topological polar surface area (TPSA) is 46.2 Å². The number of rotatable bonds is 2. The molecule has 3 aliphatic carbocycles. The number of nitrogens with two attached hydrogens (primary N) is 1.